The first-order valence-corrected chi connectivity index (χ1v) is 8.56. The fourth-order valence-electron chi connectivity index (χ4n) is 4.41. The molecule has 2 aliphatic rings. The minimum Gasteiger partial charge on any atom is -0.390 e. The quantitative estimate of drug-likeness (QED) is 0.899. The number of hydrogen-bond acceptors (Lipinski definition) is 2. The van der Waals surface area contributed by atoms with Gasteiger partial charge in [-0.05, 0) is 55.6 Å². The number of aryl methyl sites for hydroxylation is 1. The minimum atomic E-state index is -0.334. The van der Waals surface area contributed by atoms with Gasteiger partial charge >= 0.3 is 0 Å². The summed E-state index contributed by atoms with van der Waals surface area (Å²) in [5, 5.41) is 10.9. The normalized spacial score (nSPS) is 26.1. The van der Waals surface area contributed by atoms with Gasteiger partial charge in [0.05, 0.1) is 11.7 Å². The molecule has 0 spiro atoms. The topological polar surface area (TPSA) is 29.5 Å². The van der Waals surface area contributed by atoms with Crippen molar-refractivity contribution in [2.75, 3.05) is 7.11 Å². The molecule has 116 valence electrons. The Morgan fingerprint density at radius 2 is 1.95 bits per heavy atom. The molecule has 0 aromatic heterocycles. The average molecular weight is 288 g/mol. The molecular formula is C19H28O2. The second kappa shape index (κ2) is 6.50. The highest BCUT2D eigenvalue weighted by Gasteiger charge is 2.40. The molecule has 1 aromatic rings. The van der Waals surface area contributed by atoms with Crippen LogP contribution in [-0.4, -0.2) is 23.9 Å². The van der Waals surface area contributed by atoms with E-state index in [1.807, 2.05) is 0 Å². The van der Waals surface area contributed by atoms with E-state index in [1.54, 1.807) is 7.11 Å². The molecule has 0 heterocycles. The third-order valence-corrected chi connectivity index (χ3v) is 5.72. The van der Waals surface area contributed by atoms with Gasteiger partial charge in [0.15, 0.2) is 0 Å². The number of hydrogen-bond donors (Lipinski definition) is 1. The van der Waals surface area contributed by atoms with Gasteiger partial charge in [0.2, 0.25) is 0 Å². The number of methoxy groups -OCH3 is 1. The Morgan fingerprint density at radius 1 is 1.19 bits per heavy atom. The van der Waals surface area contributed by atoms with Crippen molar-refractivity contribution in [1.82, 2.24) is 0 Å². The first-order chi connectivity index (χ1) is 10.2. The lowest BCUT2D eigenvalue weighted by Gasteiger charge is -2.41. The van der Waals surface area contributed by atoms with E-state index in [0.29, 0.717) is 5.92 Å². The number of fused-ring (bicyclic) bond motifs is 1. The minimum absolute atomic E-state index is 0.287. The zero-order valence-corrected chi connectivity index (χ0v) is 13.2. The van der Waals surface area contributed by atoms with Crippen LogP contribution in [0.25, 0.3) is 0 Å². The predicted molar refractivity (Wildman–Crippen MR) is 85.6 cm³/mol. The predicted octanol–water partition coefficient (Wildman–Crippen LogP) is 4.21. The molecule has 0 radical (unpaired) electrons. The van der Waals surface area contributed by atoms with Crippen LogP contribution in [0, 0.1) is 0 Å². The monoisotopic (exact) mass is 288 g/mol. The molecule has 2 atom stereocenters. The zero-order valence-electron chi connectivity index (χ0n) is 13.2. The summed E-state index contributed by atoms with van der Waals surface area (Å²) in [5.74, 6) is 0.499. The molecule has 0 saturated heterocycles. The van der Waals surface area contributed by atoms with Gasteiger partial charge in [-0.2, -0.15) is 0 Å². The van der Waals surface area contributed by atoms with Gasteiger partial charge in [-0.15, -0.1) is 0 Å². The second-order valence-corrected chi connectivity index (χ2v) is 6.87. The Kier molecular flexibility index (Phi) is 4.66. The molecule has 1 saturated carbocycles. The molecule has 1 aromatic carbocycles. The SMILES string of the molecule is COC1(C(O)CC2CCCc3ccccc32)CCCCC1. The summed E-state index contributed by atoms with van der Waals surface area (Å²) in [6.45, 7) is 0. The number of aliphatic hydroxyl groups excluding tert-OH is 1. The van der Waals surface area contributed by atoms with E-state index >= 15 is 0 Å². The Balaban J connectivity index is 1.74. The second-order valence-electron chi connectivity index (χ2n) is 6.87. The van der Waals surface area contributed by atoms with Crippen LogP contribution < -0.4 is 0 Å². The van der Waals surface area contributed by atoms with Gasteiger partial charge in [0, 0.05) is 7.11 Å². The van der Waals surface area contributed by atoms with Gasteiger partial charge in [0.25, 0.3) is 0 Å². The molecule has 2 nitrogen and oxygen atoms in total. The molecule has 0 bridgehead atoms. The molecule has 1 N–H and O–H groups in total. The van der Waals surface area contributed by atoms with Crippen molar-refractivity contribution in [3.05, 3.63) is 35.4 Å². The molecular weight excluding hydrogens is 260 g/mol. The average Bonchev–Trinajstić information content (AvgIpc) is 2.56. The summed E-state index contributed by atoms with van der Waals surface area (Å²) in [7, 11) is 1.78. The van der Waals surface area contributed by atoms with Crippen molar-refractivity contribution in [2.24, 2.45) is 0 Å². The number of ether oxygens (including phenoxy) is 1. The van der Waals surface area contributed by atoms with Crippen LogP contribution in [-0.2, 0) is 11.2 Å². The van der Waals surface area contributed by atoms with Crippen LogP contribution >= 0.6 is 0 Å². The Morgan fingerprint density at radius 3 is 2.71 bits per heavy atom. The molecule has 3 rings (SSSR count). The van der Waals surface area contributed by atoms with Crippen LogP contribution in [0.3, 0.4) is 0 Å². The van der Waals surface area contributed by atoms with Gasteiger partial charge in [-0.1, -0.05) is 43.5 Å². The Labute approximate surface area is 128 Å². The van der Waals surface area contributed by atoms with E-state index < -0.39 is 0 Å². The van der Waals surface area contributed by atoms with Gasteiger partial charge in [-0.25, -0.2) is 0 Å². The van der Waals surface area contributed by atoms with Crippen LogP contribution in [0.1, 0.15) is 68.4 Å². The molecule has 2 unspecified atom stereocenters. The van der Waals surface area contributed by atoms with Crippen LogP contribution in [0.15, 0.2) is 24.3 Å². The Bertz CT molecular complexity index is 462. The first kappa shape index (κ1) is 15.1. The van der Waals surface area contributed by atoms with Crippen molar-refractivity contribution in [3.63, 3.8) is 0 Å². The summed E-state index contributed by atoms with van der Waals surface area (Å²) < 4.78 is 5.82. The van der Waals surface area contributed by atoms with E-state index in [9.17, 15) is 5.11 Å². The van der Waals surface area contributed by atoms with Crippen molar-refractivity contribution < 1.29 is 9.84 Å². The van der Waals surface area contributed by atoms with Crippen molar-refractivity contribution in [2.45, 2.75) is 75.4 Å². The Hall–Kier alpha value is -0.860. The number of aliphatic hydroxyl groups is 1. The highest BCUT2D eigenvalue weighted by atomic mass is 16.5. The number of rotatable bonds is 4. The van der Waals surface area contributed by atoms with Crippen LogP contribution in [0.5, 0.6) is 0 Å². The fraction of sp³-hybridized carbons (Fsp3) is 0.684. The maximum Gasteiger partial charge on any atom is 0.0936 e. The van der Waals surface area contributed by atoms with E-state index in [0.717, 1.165) is 19.3 Å². The van der Waals surface area contributed by atoms with Crippen molar-refractivity contribution >= 4 is 0 Å². The van der Waals surface area contributed by atoms with E-state index in [2.05, 4.69) is 24.3 Å². The molecule has 2 heteroatoms. The first-order valence-electron chi connectivity index (χ1n) is 8.56. The molecule has 21 heavy (non-hydrogen) atoms. The summed E-state index contributed by atoms with van der Waals surface area (Å²) in [5.41, 5.74) is 2.66. The molecule has 1 fully saturated rings. The third-order valence-electron chi connectivity index (χ3n) is 5.72. The molecule has 2 aliphatic carbocycles. The zero-order chi connectivity index (χ0) is 14.7. The summed E-state index contributed by atoms with van der Waals surface area (Å²) in [4.78, 5) is 0. The highest BCUT2D eigenvalue weighted by Crippen LogP contribution is 2.41. The van der Waals surface area contributed by atoms with Gasteiger partial charge < -0.3 is 9.84 Å². The van der Waals surface area contributed by atoms with Gasteiger partial charge in [-0.3, -0.25) is 0 Å². The van der Waals surface area contributed by atoms with Crippen LogP contribution in [0.2, 0.25) is 0 Å². The third kappa shape index (κ3) is 3.02. The lowest BCUT2D eigenvalue weighted by Crippen LogP contribution is -2.46. The van der Waals surface area contributed by atoms with E-state index in [-0.39, 0.29) is 11.7 Å². The lowest BCUT2D eigenvalue weighted by atomic mass is 9.74. The van der Waals surface area contributed by atoms with E-state index in [1.165, 1.54) is 49.7 Å². The van der Waals surface area contributed by atoms with Gasteiger partial charge in [0.1, 0.15) is 0 Å². The smallest absolute Gasteiger partial charge is 0.0936 e. The summed E-state index contributed by atoms with van der Waals surface area (Å²) >= 11 is 0. The lowest BCUT2D eigenvalue weighted by molar-refractivity contribution is -0.127. The molecule has 0 amide bonds. The molecule has 0 aliphatic heterocycles. The fourth-order valence-corrected chi connectivity index (χ4v) is 4.41. The maximum atomic E-state index is 10.9. The number of benzene rings is 1. The largest absolute Gasteiger partial charge is 0.390 e. The van der Waals surface area contributed by atoms with Crippen molar-refractivity contribution in [1.29, 1.82) is 0 Å². The highest BCUT2D eigenvalue weighted by molar-refractivity contribution is 5.32. The summed E-state index contributed by atoms with van der Waals surface area (Å²) in [6, 6.07) is 8.78. The standard InChI is InChI=1S/C19H28O2/c1-21-19(12-5-2-6-13-19)18(20)14-16-10-7-9-15-8-3-4-11-17(15)16/h3-4,8,11,16,18,20H,2,5-7,9-10,12-14H2,1H3. The van der Waals surface area contributed by atoms with E-state index in [4.69, 9.17) is 4.74 Å². The maximum absolute atomic E-state index is 10.9. The van der Waals surface area contributed by atoms with Crippen LogP contribution in [0.4, 0.5) is 0 Å². The van der Waals surface area contributed by atoms with Crippen molar-refractivity contribution in [3.8, 4) is 0 Å². The summed E-state index contributed by atoms with van der Waals surface area (Å²) in [6.07, 6.45) is 9.84.